The second-order valence-corrected chi connectivity index (χ2v) is 36.7. The van der Waals surface area contributed by atoms with Crippen LogP contribution in [0.15, 0.2) is 0 Å². The van der Waals surface area contributed by atoms with Crippen LogP contribution in [0.2, 0.25) is 0 Å². The molecule has 12 rings (SSSR count). The molecule has 0 aromatic rings. The molecule has 18 nitrogen and oxygen atoms in total. The van der Waals surface area contributed by atoms with Crippen LogP contribution in [0, 0.1) is 73.9 Å². The summed E-state index contributed by atoms with van der Waals surface area (Å²) >= 11 is 0. The molecule has 12 aliphatic rings. The number of rotatable bonds is 24. The van der Waals surface area contributed by atoms with Crippen LogP contribution in [0.4, 0.5) is 0 Å². The molecule has 0 aromatic heterocycles. The zero-order valence-electron chi connectivity index (χ0n) is 67.3. The highest BCUT2D eigenvalue weighted by Gasteiger charge is 2.52. The van der Waals surface area contributed by atoms with Crippen LogP contribution in [0.3, 0.4) is 0 Å². The van der Waals surface area contributed by atoms with Crippen molar-refractivity contribution in [2.75, 3.05) is 13.2 Å². The smallest absolute Gasteiger partial charge is 0.311 e. The maximum absolute atomic E-state index is 12.3. The molecule has 0 aromatic carbocycles. The van der Waals surface area contributed by atoms with E-state index in [0.29, 0.717) is 116 Å². The van der Waals surface area contributed by atoms with E-state index >= 15 is 0 Å². The topological polar surface area (TPSA) is 213 Å². The van der Waals surface area contributed by atoms with Crippen molar-refractivity contribution >= 4 is 35.8 Å². The maximum atomic E-state index is 12.3. The summed E-state index contributed by atoms with van der Waals surface area (Å²) < 4.78 is 68.3. The molecule has 12 bridgehead atoms. The SMILES string of the molecule is CCC(C)(C)C(=O)OC(C(C)C)C1CC2CCC1O2.CCC(C)(C)C(=O)OC(C)C1CC2CCC1O2.CCC(C)(C)C(=O)OC1CC2CC(C)C1O2.CCC(C)(C)C(=O)OC1CC2OC1CC2C.CCC(C)(C)C(=O)OCC1CC2CCC1O2.CCC(C)(C)C(=O)OCCC1CC2CCC1O2. The average molecular weight is 1430 g/mol. The number of hydrogen-bond acceptors (Lipinski definition) is 18. The van der Waals surface area contributed by atoms with Crippen LogP contribution in [0.5, 0.6) is 0 Å². The predicted octanol–water partition coefficient (Wildman–Crippen LogP) is 17.0. The van der Waals surface area contributed by atoms with Crippen molar-refractivity contribution in [1.82, 2.24) is 0 Å². The summed E-state index contributed by atoms with van der Waals surface area (Å²) in [7, 11) is 0. The van der Waals surface area contributed by atoms with Crippen LogP contribution < -0.4 is 0 Å². The van der Waals surface area contributed by atoms with Crippen LogP contribution in [-0.4, -0.2) is 147 Å². The Kier molecular flexibility index (Phi) is 30.2. The molecule has 0 aliphatic carbocycles. The van der Waals surface area contributed by atoms with Gasteiger partial charge in [0.2, 0.25) is 0 Å². The molecule has 18 heteroatoms. The van der Waals surface area contributed by atoms with Crippen LogP contribution in [0.1, 0.15) is 307 Å². The third-order valence-electron chi connectivity index (χ3n) is 26.1. The quantitative estimate of drug-likeness (QED) is 0.0649. The first-order chi connectivity index (χ1) is 47.2. The van der Waals surface area contributed by atoms with E-state index in [1.165, 1.54) is 38.5 Å². The molecule has 12 aliphatic heterocycles. The normalized spacial score (nSPS) is 34.2. The van der Waals surface area contributed by atoms with Crippen molar-refractivity contribution in [2.24, 2.45) is 73.9 Å². The summed E-state index contributed by atoms with van der Waals surface area (Å²) in [6.45, 7) is 47.2. The standard InChI is InChI=1S/C16H28O3.2C14H24O3.3C13H22O3/c1-6-16(4,5)15(17)19-14(10(2)3)12-9-11-7-8-13(12)18-11;1-5-14(3,4)13(15)16-9(2)11-8-10-6-7-12(11)17-10;1-4-14(2,3)13(15)16-8-7-10-9-11-5-6-12(10)17-11;1-5-13(3,4)12(14)16-11-7-9-8(2)6-10(11)15-9;1-5-13(3,4)12(14)16-10-7-9-6-8(2)11(10)15-9;1-4-13(2,3)12(14)15-8-9-7-10-5-6-11(9)16-10/h10-14H,6-9H2,1-5H3;9-12H,5-8H2,1-4H3;10-12H,4-9H2,1-3H3;2*8-11H,5-7H2,1-4H3;9-11H,4-8H2,1-3H3. The van der Waals surface area contributed by atoms with Crippen molar-refractivity contribution in [2.45, 2.75) is 405 Å². The molecule has 0 N–H and O–H groups in total. The Morgan fingerprint density at radius 1 is 0.366 bits per heavy atom. The lowest BCUT2D eigenvalue weighted by Crippen LogP contribution is -2.40. The molecular formula is C83H142O18. The molecule has 101 heavy (non-hydrogen) atoms. The molecule has 582 valence electrons. The highest BCUT2D eigenvalue weighted by molar-refractivity contribution is 5.78. The third kappa shape index (κ3) is 22.1. The maximum Gasteiger partial charge on any atom is 0.311 e. The lowest BCUT2D eigenvalue weighted by atomic mass is 9.81. The van der Waals surface area contributed by atoms with Gasteiger partial charge in [-0.25, -0.2) is 0 Å². The Bertz CT molecular complexity index is 2680. The number of hydrogen-bond donors (Lipinski definition) is 0. The Morgan fingerprint density at radius 2 is 0.782 bits per heavy atom. The van der Waals surface area contributed by atoms with E-state index < -0.39 is 0 Å². The van der Waals surface area contributed by atoms with E-state index in [4.69, 9.17) is 56.8 Å². The third-order valence-corrected chi connectivity index (χ3v) is 26.1. The summed E-state index contributed by atoms with van der Waals surface area (Å²) in [6.07, 6.45) is 27.6. The van der Waals surface area contributed by atoms with Gasteiger partial charge in [-0.2, -0.15) is 0 Å². The van der Waals surface area contributed by atoms with Crippen molar-refractivity contribution in [3.8, 4) is 0 Å². The molecule has 22 unspecified atom stereocenters. The zero-order valence-corrected chi connectivity index (χ0v) is 67.3. The predicted molar refractivity (Wildman–Crippen MR) is 389 cm³/mol. The van der Waals surface area contributed by atoms with E-state index in [-0.39, 0.29) is 105 Å². The second kappa shape index (κ2) is 36.0. The first kappa shape index (κ1) is 84.8. The summed E-state index contributed by atoms with van der Waals surface area (Å²) in [5, 5.41) is 0. The molecule has 0 spiro atoms. The van der Waals surface area contributed by atoms with Crippen LogP contribution in [0.25, 0.3) is 0 Å². The zero-order chi connectivity index (χ0) is 74.9. The van der Waals surface area contributed by atoms with Gasteiger partial charge in [-0.05, 0) is 249 Å². The van der Waals surface area contributed by atoms with Gasteiger partial charge in [0.25, 0.3) is 0 Å². The summed E-state index contributed by atoms with van der Waals surface area (Å²) in [5.41, 5.74) is -2.18. The summed E-state index contributed by atoms with van der Waals surface area (Å²) in [5.74, 6) is 2.94. The first-order valence-corrected chi connectivity index (χ1v) is 40.3. The Labute approximate surface area is 610 Å². The lowest BCUT2D eigenvalue weighted by molar-refractivity contribution is -0.167. The highest BCUT2D eigenvalue weighted by atomic mass is 16.6. The second-order valence-electron chi connectivity index (χ2n) is 36.7. The van der Waals surface area contributed by atoms with E-state index in [0.717, 1.165) is 109 Å². The fourth-order valence-electron chi connectivity index (χ4n) is 16.0. The summed E-state index contributed by atoms with van der Waals surface area (Å²) in [4.78, 5) is 71.8. The number of ether oxygens (including phenoxy) is 12. The number of esters is 6. The lowest BCUT2D eigenvalue weighted by Gasteiger charge is -2.33. The van der Waals surface area contributed by atoms with Crippen molar-refractivity contribution in [1.29, 1.82) is 0 Å². The molecule has 0 amide bonds. The van der Waals surface area contributed by atoms with Gasteiger partial charge >= 0.3 is 35.8 Å². The van der Waals surface area contributed by atoms with Gasteiger partial charge in [-0.1, -0.05) is 69.2 Å². The molecular weight excluding hydrogens is 1280 g/mol. The van der Waals surface area contributed by atoms with Gasteiger partial charge in [0, 0.05) is 30.6 Å². The van der Waals surface area contributed by atoms with Gasteiger partial charge in [-0.3, -0.25) is 28.8 Å². The minimum atomic E-state index is -0.383. The molecule has 12 saturated heterocycles. The van der Waals surface area contributed by atoms with Crippen molar-refractivity contribution in [3.05, 3.63) is 0 Å². The Morgan fingerprint density at radius 3 is 1.17 bits per heavy atom. The minimum absolute atomic E-state index is 0.000440. The monoisotopic (exact) mass is 1430 g/mol. The highest BCUT2D eigenvalue weighted by Crippen LogP contribution is 2.47. The van der Waals surface area contributed by atoms with Crippen LogP contribution >= 0.6 is 0 Å². The van der Waals surface area contributed by atoms with Gasteiger partial charge in [0.05, 0.1) is 119 Å². The van der Waals surface area contributed by atoms with E-state index in [2.05, 4.69) is 27.7 Å². The molecule has 12 heterocycles. The number of fused-ring (bicyclic) bond motifs is 12. The van der Waals surface area contributed by atoms with Crippen LogP contribution in [-0.2, 0) is 85.6 Å². The minimum Gasteiger partial charge on any atom is -0.465 e. The molecule has 0 saturated carbocycles. The van der Waals surface area contributed by atoms with Crippen molar-refractivity contribution in [3.63, 3.8) is 0 Å². The van der Waals surface area contributed by atoms with E-state index in [1.54, 1.807) is 0 Å². The number of carbonyl (C=O) groups excluding carboxylic acids is 6. The largest absolute Gasteiger partial charge is 0.465 e. The van der Waals surface area contributed by atoms with Gasteiger partial charge in [0.15, 0.2) is 0 Å². The fourth-order valence-corrected chi connectivity index (χ4v) is 16.0. The summed E-state index contributed by atoms with van der Waals surface area (Å²) in [6, 6.07) is 0. The van der Waals surface area contributed by atoms with E-state index in [1.807, 2.05) is 132 Å². The number of carbonyl (C=O) groups is 6. The fraction of sp³-hybridized carbons (Fsp3) is 0.928. The first-order valence-electron chi connectivity index (χ1n) is 40.3. The van der Waals surface area contributed by atoms with Gasteiger partial charge in [-0.15, -0.1) is 0 Å². The molecule has 0 radical (unpaired) electrons. The van der Waals surface area contributed by atoms with E-state index in [9.17, 15) is 28.8 Å². The van der Waals surface area contributed by atoms with Gasteiger partial charge in [0.1, 0.15) is 24.4 Å². The molecule has 22 atom stereocenters. The Balaban J connectivity index is 0.000000170. The molecule has 12 fully saturated rings. The van der Waals surface area contributed by atoms with Crippen molar-refractivity contribution < 1.29 is 85.6 Å². The average Bonchev–Trinajstić information content (AvgIpc) is 1.67. The van der Waals surface area contributed by atoms with Gasteiger partial charge < -0.3 is 56.8 Å². The Hall–Kier alpha value is -3.42.